The van der Waals surface area contributed by atoms with Crippen molar-refractivity contribution in [1.29, 1.82) is 0 Å². The Morgan fingerprint density at radius 1 is 1.08 bits per heavy atom. The Bertz CT molecular complexity index is 1020. The quantitative estimate of drug-likeness (QED) is 0.549. The minimum absolute atomic E-state index is 0.724. The molecule has 4 rings (SSSR count). The van der Waals surface area contributed by atoms with Crippen molar-refractivity contribution >= 4 is 29.6 Å². The number of aromatic amines is 1. The van der Waals surface area contributed by atoms with Gasteiger partial charge < -0.3 is 4.40 Å². The normalized spacial score (nSPS) is 11.6. The monoisotopic (exact) mass is 347 g/mol. The number of thioether (sulfide) groups is 1. The van der Waals surface area contributed by atoms with Crippen LogP contribution >= 0.6 is 11.8 Å². The van der Waals surface area contributed by atoms with Gasteiger partial charge in [0.05, 0.1) is 5.69 Å². The second-order valence-corrected chi connectivity index (χ2v) is 6.63. The largest absolute Gasteiger partial charge is 0.307 e. The Kier molecular flexibility index (Phi) is 4.35. The molecule has 0 aliphatic carbocycles. The molecular weight excluding hydrogens is 330 g/mol. The molecule has 0 saturated carbocycles. The zero-order valence-electron chi connectivity index (χ0n) is 13.8. The number of hydrogen-bond acceptors (Lipinski definition) is 4. The number of fused-ring (bicyclic) bond motifs is 1. The van der Waals surface area contributed by atoms with Gasteiger partial charge in [0.2, 0.25) is 5.16 Å². The number of imidazole rings is 1. The van der Waals surface area contributed by atoms with Crippen molar-refractivity contribution < 1.29 is 0 Å². The number of nitrogens with zero attached hydrogens (tertiary/aromatic N) is 4. The lowest BCUT2D eigenvalue weighted by Gasteiger charge is -1.94. The number of aromatic nitrogens is 5. The molecule has 3 aromatic heterocycles. The zero-order valence-corrected chi connectivity index (χ0v) is 14.6. The zero-order chi connectivity index (χ0) is 17.1. The summed E-state index contributed by atoms with van der Waals surface area (Å²) >= 11 is 1.57. The molecule has 6 heteroatoms. The molecule has 5 nitrogen and oxygen atoms in total. The number of benzene rings is 1. The fourth-order valence-electron chi connectivity index (χ4n) is 2.55. The summed E-state index contributed by atoms with van der Waals surface area (Å²) in [6.07, 6.45) is 8.02. The van der Waals surface area contributed by atoms with Gasteiger partial charge in [0.25, 0.3) is 0 Å². The summed E-state index contributed by atoms with van der Waals surface area (Å²) in [6.45, 7) is 2.07. The topological polar surface area (TPSA) is 58.9 Å². The van der Waals surface area contributed by atoms with Crippen LogP contribution in [-0.2, 0) is 5.75 Å². The van der Waals surface area contributed by atoms with Gasteiger partial charge in [-0.25, -0.2) is 9.97 Å². The summed E-state index contributed by atoms with van der Waals surface area (Å²) in [7, 11) is 0. The molecule has 124 valence electrons. The molecular formula is C19H17N5S. The van der Waals surface area contributed by atoms with Gasteiger partial charge in [-0.3, -0.25) is 5.10 Å². The number of rotatable bonds is 5. The molecule has 0 unspecified atom stereocenters. The van der Waals surface area contributed by atoms with Crippen molar-refractivity contribution in [3.8, 4) is 0 Å². The highest BCUT2D eigenvalue weighted by Crippen LogP contribution is 2.20. The van der Waals surface area contributed by atoms with Gasteiger partial charge in [-0.2, -0.15) is 0 Å². The molecule has 0 atom stereocenters. The molecule has 0 amide bonds. The van der Waals surface area contributed by atoms with Gasteiger partial charge in [-0.1, -0.05) is 54.2 Å². The van der Waals surface area contributed by atoms with Crippen LogP contribution in [0.25, 0.3) is 17.8 Å². The van der Waals surface area contributed by atoms with Gasteiger partial charge in [-0.15, -0.1) is 5.10 Å². The van der Waals surface area contributed by atoms with Crippen molar-refractivity contribution in [2.45, 2.75) is 17.8 Å². The van der Waals surface area contributed by atoms with E-state index in [1.165, 1.54) is 5.56 Å². The maximum absolute atomic E-state index is 4.67. The first-order valence-corrected chi connectivity index (χ1v) is 8.98. The van der Waals surface area contributed by atoms with E-state index in [2.05, 4.69) is 43.8 Å². The first-order chi connectivity index (χ1) is 12.3. The fraction of sp³-hybridized carbons (Fsp3) is 0.105. The lowest BCUT2D eigenvalue weighted by atomic mass is 10.2. The minimum atomic E-state index is 0.724. The third kappa shape index (κ3) is 3.64. The molecule has 0 spiro atoms. The van der Waals surface area contributed by atoms with Crippen LogP contribution in [0.5, 0.6) is 0 Å². The Balaban J connectivity index is 1.42. The molecule has 25 heavy (non-hydrogen) atoms. The third-order valence-electron chi connectivity index (χ3n) is 3.79. The smallest absolute Gasteiger partial charge is 0.209 e. The average Bonchev–Trinajstić information content (AvgIpc) is 3.26. The van der Waals surface area contributed by atoms with Crippen molar-refractivity contribution in [3.05, 3.63) is 77.5 Å². The minimum Gasteiger partial charge on any atom is -0.307 e. The van der Waals surface area contributed by atoms with E-state index in [1.807, 2.05) is 54.7 Å². The Morgan fingerprint density at radius 3 is 2.80 bits per heavy atom. The van der Waals surface area contributed by atoms with Crippen LogP contribution in [-0.4, -0.2) is 24.6 Å². The highest BCUT2D eigenvalue weighted by Gasteiger charge is 2.07. The third-order valence-corrected chi connectivity index (χ3v) is 4.67. The number of pyridine rings is 1. The molecule has 1 aromatic carbocycles. The van der Waals surface area contributed by atoms with E-state index in [4.69, 9.17) is 0 Å². The Labute approximate surface area is 149 Å². The number of hydrogen-bond donors (Lipinski definition) is 1. The summed E-state index contributed by atoms with van der Waals surface area (Å²) in [5.41, 5.74) is 4.32. The number of nitrogens with one attached hydrogen (secondary N) is 1. The van der Waals surface area contributed by atoms with Gasteiger partial charge in [0, 0.05) is 18.1 Å². The fourth-order valence-corrected chi connectivity index (χ4v) is 3.24. The molecule has 1 N–H and O–H groups in total. The van der Waals surface area contributed by atoms with Crippen molar-refractivity contribution in [2.24, 2.45) is 0 Å². The molecule has 0 radical (unpaired) electrons. The second kappa shape index (κ2) is 6.94. The highest BCUT2D eigenvalue weighted by atomic mass is 32.2. The van der Waals surface area contributed by atoms with Crippen LogP contribution in [0, 0.1) is 6.92 Å². The first kappa shape index (κ1) is 15.7. The van der Waals surface area contributed by atoms with Gasteiger partial charge in [-0.05, 0) is 30.2 Å². The summed E-state index contributed by atoms with van der Waals surface area (Å²) < 4.78 is 2.05. The number of aryl methyl sites for hydroxylation is 1. The van der Waals surface area contributed by atoms with Crippen molar-refractivity contribution in [1.82, 2.24) is 24.6 Å². The highest BCUT2D eigenvalue weighted by molar-refractivity contribution is 7.98. The van der Waals surface area contributed by atoms with Crippen LogP contribution in [0.2, 0.25) is 0 Å². The predicted octanol–water partition coefficient (Wildman–Crippen LogP) is 4.22. The van der Waals surface area contributed by atoms with E-state index in [-0.39, 0.29) is 0 Å². The summed E-state index contributed by atoms with van der Waals surface area (Å²) in [6, 6.07) is 14.2. The van der Waals surface area contributed by atoms with Gasteiger partial charge in [0.1, 0.15) is 11.5 Å². The van der Waals surface area contributed by atoms with Crippen LogP contribution in [0.1, 0.15) is 22.6 Å². The SMILES string of the molecule is Cc1cccn2cc(CSc3n[nH]c(/C=C/c4ccccc4)n3)nc12. The maximum Gasteiger partial charge on any atom is 0.209 e. The average molecular weight is 347 g/mol. The van der Waals surface area contributed by atoms with Gasteiger partial charge >= 0.3 is 0 Å². The Hall–Kier alpha value is -2.86. The summed E-state index contributed by atoms with van der Waals surface area (Å²) in [4.78, 5) is 9.16. The molecule has 0 fully saturated rings. The van der Waals surface area contributed by atoms with E-state index in [0.29, 0.717) is 0 Å². The predicted molar refractivity (Wildman–Crippen MR) is 101 cm³/mol. The number of H-pyrrole nitrogens is 1. The summed E-state index contributed by atoms with van der Waals surface area (Å²) in [5.74, 6) is 1.48. The maximum atomic E-state index is 4.67. The molecule has 0 saturated heterocycles. The molecule has 0 bridgehead atoms. The Morgan fingerprint density at radius 2 is 1.96 bits per heavy atom. The first-order valence-electron chi connectivity index (χ1n) is 7.99. The van der Waals surface area contributed by atoms with Crippen LogP contribution in [0.4, 0.5) is 0 Å². The standard InChI is InChI=1S/C19H17N5S/c1-14-6-5-11-24-12-16(20-18(14)24)13-25-19-21-17(22-23-19)10-9-15-7-3-2-4-8-15/h2-12H,13H2,1H3,(H,21,22,23)/b10-9+. The van der Waals surface area contributed by atoms with Crippen LogP contribution in [0.15, 0.2) is 60.0 Å². The van der Waals surface area contributed by atoms with Crippen molar-refractivity contribution in [2.75, 3.05) is 0 Å². The van der Waals surface area contributed by atoms with Crippen LogP contribution < -0.4 is 0 Å². The summed E-state index contributed by atoms with van der Waals surface area (Å²) in [5, 5.41) is 7.93. The van der Waals surface area contributed by atoms with E-state index in [1.54, 1.807) is 11.8 Å². The molecule has 3 heterocycles. The second-order valence-electron chi connectivity index (χ2n) is 5.69. The molecule has 4 aromatic rings. The lowest BCUT2D eigenvalue weighted by Crippen LogP contribution is -1.84. The molecule has 0 aliphatic rings. The lowest BCUT2D eigenvalue weighted by molar-refractivity contribution is 0.971. The van der Waals surface area contributed by atoms with E-state index >= 15 is 0 Å². The van der Waals surface area contributed by atoms with Gasteiger partial charge in [0.15, 0.2) is 0 Å². The molecule has 0 aliphatic heterocycles. The van der Waals surface area contributed by atoms with Crippen LogP contribution in [0.3, 0.4) is 0 Å². The van der Waals surface area contributed by atoms with E-state index < -0.39 is 0 Å². The van der Waals surface area contributed by atoms with E-state index in [9.17, 15) is 0 Å². The van der Waals surface area contributed by atoms with E-state index in [0.717, 1.165) is 33.6 Å². The van der Waals surface area contributed by atoms with Crippen molar-refractivity contribution in [3.63, 3.8) is 0 Å².